The van der Waals surface area contributed by atoms with E-state index in [1.165, 1.54) is 0 Å². The van der Waals surface area contributed by atoms with Gasteiger partial charge in [-0.25, -0.2) is 0 Å². The van der Waals surface area contributed by atoms with Gasteiger partial charge in [0, 0.05) is 18.4 Å². The van der Waals surface area contributed by atoms with E-state index in [9.17, 15) is 5.11 Å². The van der Waals surface area contributed by atoms with Crippen LogP contribution in [0.3, 0.4) is 0 Å². The lowest BCUT2D eigenvalue weighted by atomic mass is 9.98. The first-order valence-corrected chi connectivity index (χ1v) is 5.46. The standard InChI is InChI=1S/C14H16O2/c1-4-6-12(15)11-8-5-7-10-9-14(2,3)16-13(10)11/h1,5,7-8,12,15H,6,9H2,2-3H3. The molecule has 1 N–H and O–H groups in total. The highest BCUT2D eigenvalue weighted by atomic mass is 16.5. The zero-order valence-corrected chi connectivity index (χ0v) is 9.66. The number of benzene rings is 1. The number of aliphatic hydroxyl groups excluding tert-OH is 1. The second-order valence-corrected chi connectivity index (χ2v) is 4.80. The van der Waals surface area contributed by atoms with Crippen molar-refractivity contribution in [1.82, 2.24) is 0 Å². The SMILES string of the molecule is C#CCC(O)c1cccc2c1OC(C)(C)C2. The maximum absolute atomic E-state index is 9.93. The number of fused-ring (bicyclic) bond motifs is 1. The Morgan fingerprint density at radius 3 is 3.00 bits per heavy atom. The van der Waals surface area contributed by atoms with E-state index >= 15 is 0 Å². The van der Waals surface area contributed by atoms with E-state index < -0.39 is 6.10 Å². The molecule has 0 spiro atoms. The smallest absolute Gasteiger partial charge is 0.129 e. The minimum Gasteiger partial charge on any atom is -0.487 e. The van der Waals surface area contributed by atoms with Crippen LogP contribution in [0, 0.1) is 12.3 Å². The quantitative estimate of drug-likeness (QED) is 0.769. The molecule has 0 aromatic heterocycles. The monoisotopic (exact) mass is 216 g/mol. The fourth-order valence-corrected chi connectivity index (χ4v) is 2.12. The van der Waals surface area contributed by atoms with Gasteiger partial charge in [0.2, 0.25) is 0 Å². The van der Waals surface area contributed by atoms with Crippen molar-refractivity contribution in [2.45, 2.75) is 38.4 Å². The molecule has 16 heavy (non-hydrogen) atoms. The van der Waals surface area contributed by atoms with Gasteiger partial charge in [0.05, 0.1) is 6.10 Å². The molecule has 0 aliphatic carbocycles. The van der Waals surface area contributed by atoms with Crippen molar-refractivity contribution in [3.8, 4) is 18.1 Å². The molecule has 0 saturated carbocycles. The number of hydrogen-bond donors (Lipinski definition) is 1. The lowest BCUT2D eigenvalue weighted by Crippen LogP contribution is -2.25. The highest BCUT2D eigenvalue weighted by Gasteiger charge is 2.32. The third-order valence-electron chi connectivity index (χ3n) is 2.79. The molecule has 2 nitrogen and oxygen atoms in total. The molecule has 1 unspecified atom stereocenters. The highest BCUT2D eigenvalue weighted by molar-refractivity contribution is 5.47. The molecule has 1 heterocycles. The molecule has 0 amide bonds. The van der Waals surface area contributed by atoms with Crippen molar-refractivity contribution in [1.29, 1.82) is 0 Å². The molecule has 2 heteroatoms. The van der Waals surface area contributed by atoms with E-state index in [1.807, 2.05) is 32.0 Å². The molecule has 2 rings (SSSR count). The maximum atomic E-state index is 9.93. The molecule has 1 aliphatic heterocycles. The van der Waals surface area contributed by atoms with Gasteiger partial charge in [0.1, 0.15) is 11.4 Å². The van der Waals surface area contributed by atoms with Crippen LogP contribution < -0.4 is 4.74 Å². The summed E-state index contributed by atoms with van der Waals surface area (Å²) in [5, 5.41) is 9.93. The van der Waals surface area contributed by atoms with Crippen molar-refractivity contribution >= 4 is 0 Å². The summed E-state index contributed by atoms with van der Waals surface area (Å²) in [6.45, 7) is 4.09. The zero-order valence-electron chi connectivity index (χ0n) is 9.66. The molecule has 0 radical (unpaired) electrons. The average Bonchev–Trinajstić information content (AvgIpc) is 2.51. The van der Waals surface area contributed by atoms with Gasteiger partial charge in [-0.1, -0.05) is 18.2 Å². The first-order valence-electron chi connectivity index (χ1n) is 5.46. The largest absolute Gasteiger partial charge is 0.487 e. The van der Waals surface area contributed by atoms with Crippen molar-refractivity contribution in [2.75, 3.05) is 0 Å². The molecule has 1 aliphatic rings. The van der Waals surface area contributed by atoms with Crippen LogP contribution in [0.2, 0.25) is 0 Å². The molecule has 0 bridgehead atoms. The summed E-state index contributed by atoms with van der Waals surface area (Å²) >= 11 is 0. The number of terminal acetylenes is 1. The van der Waals surface area contributed by atoms with Crippen molar-refractivity contribution in [2.24, 2.45) is 0 Å². The maximum Gasteiger partial charge on any atom is 0.129 e. The van der Waals surface area contributed by atoms with E-state index in [0.29, 0.717) is 6.42 Å². The second kappa shape index (κ2) is 3.84. The fraction of sp³-hybridized carbons (Fsp3) is 0.429. The minimum absolute atomic E-state index is 0.186. The summed E-state index contributed by atoms with van der Waals surface area (Å²) in [6, 6.07) is 5.86. The van der Waals surface area contributed by atoms with Gasteiger partial charge in [-0.2, -0.15) is 0 Å². The Hall–Kier alpha value is -1.46. The first-order chi connectivity index (χ1) is 7.53. The number of hydrogen-bond acceptors (Lipinski definition) is 2. The minimum atomic E-state index is -0.631. The third kappa shape index (κ3) is 1.91. The summed E-state index contributed by atoms with van der Waals surface area (Å²) in [7, 11) is 0. The zero-order chi connectivity index (χ0) is 11.8. The Bertz CT molecular complexity index is 441. The summed E-state index contributed by atoms with van der Waals surface area (Å²) < 4.78 is 5.86. The number of ether oxygens (including phenoxy) is 1. The predicted molar refractivity (Wildman–Crippen MR) is 63.3 cm³/mol. The summed E-state index contributed by atoms with van der Waals surface area (Å²) in [5.41, 5.74) is 1.77. The Labute approximate surface area is 96.3 Å². The molecular weight excluding hydrogens is 200 g/mol. The van der Waals surface area contributed by atoms with Gasteiger partial charge in [-0.3, -0.25) is 0 Å². The van der Waals surface area contributed by atoms with E-state index in [0.717, 1.165) is 23.3 Å². The number of aliphatic hydroxyl groups is 1. The Morgan fingerprint density at radius 2 is 2.31 bits per heavy atom. The van der Waals surface area contributed by atoms with E-state index in [1.54, 1.807) is 0 Å². The Kier molecular flexibility index (Phi) is 2.65. The van der Waals surface area contributed by atoms with Crippen LogP contribution >= 0.6 is 0 Å². The predicted octanol–water partition coefficient (Wildman–Crippen LogP) is 2.46. The first kappa shape index (κ1) is 11.0. The topological polar surface area (TPSA) is 29.5 Å². The number of rotatable bonds is 2. The lowest BCUT2D eigenvalue weighted by molar-refractivity contribution is 0.127. The van der Waals surface area contributed by atoms with Crippen LogP contribution in [0.5, 0.6) is 5.75 Å². The van der Waals surface area contributed by atoms with Crippen LogP contribution in [0.1, 0.15) is 37.5 Å². The van der Waals surface area contributed by atoms with Gasteiger partial charge in [-0.05, 0) is 19.4 Å². The van der Waals surface area contributed by atoms with Gasteiger partial charge in [0.15, 0.2) is 0 Å². The van der Waals surface area contributed by atoms with Crippen molar-refractivity contribution < 1.29 is 9.84 Å². The molecule has 0 saturated heterocycles. The normalized spacial score (nSPS) is 18.4. The Balaban J connectivity index is 2.38. The Morgan fingerprint density at radius 1 is 1.56 bits per heavy atom. The van der Waals surface area contributed by atoms with Gasteiger partial charge in [-0.15, -0.1) is 12.3 Å². The third-order valence-corrected chi connectivity index (χ3v) is 2.79. The van der Waals surface area contributed by atoms with Gasteiger partial charge < -0.3 is 9.84 Å². The van der Waals surface area contributed by atoms with Gasteiger partial charge >= 0.3 is 0 Å². The van der Waals surface area contributed by atoms with Crippen LogP contribution in [0.25, 0.3) is 0 Å². The summed E-state index contributed by atoms with van der Waals surface area (Å²) in [5.74, 6) is 3.29. The van der Waals surface area contributed by atoms with Crippen LogP contribution in [0.15, 0.2) is 18.2 Å². The van der Waals surface area contributed by atoms with Crippen molar-refractivity contribution in [3.63, 3.8) is 0 Å². The van der Waals surface area contributed by atoms with E-state index in [2.05, 4.69) is 5.92 Å². The second-order valence-electron chi connectivity index (χ2n) is 4.80. The van der Waals surface area contributed by atoms with Gasteiger partial charge in [0.25, 0.3) is 0 Å². The average molecular weight is 216 g/mol. The molecule has 0 fully saturated rings. The number of para-hydroxylation sites is 1. The highest BCUT2D eigenvalue weighted by Crippen LogP contribution is 2.40. The molecule has 1 aromatic carbocycles. The van der Waals surface area contributed by atoms with Crippen LogP contribution in [0.4, 0.5) is 0 Å². The summed E-state index contributed by atoms with van der Waals surface area (Å²) in [4.78, 5) is 0. The van der Waals surface area contributed by atoms with Crippen LogP contribution in [-0.2, 0) is 6.42 Å². The lowest BCUT2D eigenvalue weighted by Gasteiger charge is -2.19. The van der Waals surface area contributed by atoms with E-state index in [-0.39, 0.29) is 5.60 Å². The molecule has 1 aromatic rings. The van der Waals surface area contributed by atoms with E-state index in [4.69, 9.17) is 11.2 Å². The fourth-order valence-electron chi connectivity index (χ4n) is 2.12. The molecular formula is C14H16O2. The van der Waals surface area contributed by atoms with Crippen molar-refractivity contribution in [3.05, 3.63) is 29.3 Å². The van der Waals surface area contributed by atoms with Crippen LogP contribution in [-0.4, -0.2) is 10.7 Å². The molecule has 1 atom stereocenters. The molecule has 84 valence electrons. The summed E-state index contributed by atoms with van der Waals surface area (Å²) in [6.07, 6.45) is 5.78.